The molecule has 274 valence electrons. The van der Waals surface area contributed by atoms with Crippen LogP contribution in [0.25, 0.3) is 0 Å². The van der Waals surface area contributed by atoms with E-state index in [0.717, 1.165) is 5.69 Å². The molecule has 4 rings (SSSR count). The smallest absolute Gasteiger partial charge is 0.272 e. The van der Waals surface area contributed by atoms with Crippen molar-refractivity contribution in [2.75, 3.05) is 59.4 Å². The van der Waals surface area contributed by atoms with Crippen LogP contribution in [0.4, 0.5) is 22.7 Å². The molecule has 51 heavy (non-hydrogen) atoms. The van der Waals surface area contributed by atoms with Crippen molar-refractivity contribution in [1.29, 1.82) is 5.41 Å². The lowest BCUT2D eigenvalue weighted by molar-refractivity contribution is 0.0947. The highest BCUT2D eigenvalue weighted by atomic mass is 35.5. The van der Waals surface area contributed by atoms with Gasteiger partial charge in [0.05, 0.1) is 35.6 Å². The van der Waals surface area contributed by atoms with E-state index in [2.05, 4.69) is 36.2 Å². The maximum atomic E-state index is 13.3. The Balaban J connectivity index is 0.00000702. The number of methoxy groups -OCH3 is 1. The second-order valence-corrected chi connectivity index (χ2v) is 12.0. The van der Waals surface area contributed by atoms with Crippen LogP contribution in [0.1, 0.15) is 64.9 Å². The predicted molar refractivity (Wildman–Crippen MR) is 203 cm³/mol. The number of hydrogen-bond acceptors (Lipinski definition) is 7. The quantitative estimate of drug-likeness (QED) is 0.0425. The fraction of sp³-hybridized carbons (Fsp3) is 0.303. The summed E-state index contributed by atoms with van der Waals surface area (Å²) in [5, 5.41) is 18.3. The predicted octanol–water partition coefficient (Wildman–Crippen LogP) is 5.12. The van der Waals surface area contributed by atoms with Crippen molar-refractivity contribution < 1.29 is 23.9 Å². The first-order chi connectivity index (χ1) is 23.9. The maximum Gasteiger partial charge on any atom is 0.272 e. The fourth-order valence-electron chi connectivity index (χ4n) is 5.18. The monoisotopic (exact) mass is 762 g/mol. The lowest BCUT2D eigenvalue weighted by Gasteiger charge is -2.24. The molecule has 10 N–H and O–H groups in total. The van der Waals surface area contributed by atoms with Gasteiger partial charge in [-0.3, -0.25) is 24.6 Å². The van der Waals surface area contributed by atoms with E-state index in [9.17, 15) is 19.2 Å². The van der Waals surface area contributed by atoms with Gasteiger partial charge in [0, 0.05) is 84.8 Å². The minimum Gasteiger partial charge on any atom is -0.496 e. The van der Waals surface area contributed by atoms with E-state index in [4.69, 9.17) is 39.1 Å². The number of amides is 4. The van der Waals surface area contributed by atoms with Gasteiger partial charge in [0.1, 0.15) is 22.8 Å². The molecule has 0 bridgehead atoms. The number of amidine groups is 1. The topological polar surface area (TPSA) is 226 Å². The average molecular weight is 764 g/mol. The summed E-state index contributed by atoms with van der Waals surface area (Å²) in [5.74, 6) is -0.649. The molecular formula is C33H41Cl3N10O5. The van der Waals surface area contributed by atoms with Crippen LogP contribution < -0.4 is 36.6 Å². The standard InChI is InChI=1S/C33H40Cl2N10O5.ClH/c1-17-23(15-39-27(17)31(47)38-10-7-26(36)37)43-33(49)29-19(3)24(16-41-29)44-32(48)28-18(2)22(14-40-28)42-30(46)21-6-5-20(13-25(21)50-4)45(11-8-34)12-9-35;/h5-6,13-16,39-41H,7-12H2,1-4H3,(H3,36,37)(H,38,47)(H,42,46)(H,43,49)(H,44,48);1H. The van der Waals surface area contributed by atoms with Crippen molar-refractivity contribution in [3.63, 3.8) is 0 Å². The zero-order chi connectivity index (χ0) is 36.5. The molecule has 3 heterocycles. The first-order valence-electron chi connectivity index (χ1n) is 15.5. The number of halogens is 3. The van der Waals surface area contributed by atoms with Crippen molar-refractivity contribution in [3.05, 3.63) is 76.1 Å². The highest BCUT2D eigenvalue weighted by molar-refractivity contribution is 6.18. The van der Waals surface area contributed by atoms with Crippen LogP contribution in [0.5, 0.6) is 5.75 Å². The second kappa shape index (κ2) is 18.2. The summed E-state index contributed by atoms with van der Waals surface area (Å²) >= 11 is 11.9. The first kappa shape index (κ1) is 40.3. The number of nitrogens with one attached hydrogen (secondary N) is 8. The van der Waals surface area contributed by atoms with Gasteiger partial charge in [0.15, 0.2) is 0 Å². The maximum absolute atomic E-state index is 13.3. The third-order valence-electron chi connectivity index (χ3n) is 8.03. The van der Waals surface area contributed by atoms with Crippen molar-refractivity contribution in [2.24, 2.45) is 5.73 Å². The van der Waals surface area contributed by atoms with Crippen LogP contribution in [0.15, 0.2) is 36.8 Å². The number of rotatable bonds is 16. The Morgan fingerprint density at radius 1 is 0.784 bits per heavy atom. The number of H-pyrrole nitrogens is 3. The summed E-state index contributed by atoms with van der Waals surface area (Å²) in [7, 11) is 1.48. The molecule has 0 unspecified atom stereocenters. The second-order valence-electron chi connectivity index (χ2n) is 11.3. The lowest BCUT2D eigenvalue weighted by atomic mass is 10.1. The van der Waals surface area contributed by atoms with E-state index in [-0.39, 0.29) is 48.3 Å². The fourth-order valence-corrected chi connectivity index (χ4v) is 5.59. The van der Waals surface area contributed by atoms with Crippen molar-refractivity contribution in [2.45, 2.75) is 27.2 Å². The molecule has 4 aromatic rings. The summed E-state index contributed by atoms with van der Waals surface area (Å²) in [6.07, 6.45) is 4.74. The Bertz CT molecular complexity index is 1890. The molecular weight excluding hydrogens is 723 g/mol. The number of hydrogen-bond donors (Lipinski definition) is 9. The zero-order valence-electron chi connectivity index (χ0n) is 28.4. The van der Waals surface area contributed by atoms with Gasteiger partial charge in [-0.15, -0.1) is 35.6 Å². The lowest BCUT2D eigenvalue weighted by Crippen LogP contribution is -2.28. The first-order valence-corrected chi connectivity index (χ1v) is 16.6. The Kier molecular flexibility index (Phi) is 14.4. The number of anilines is 4. The Morgan fingerprint density at radius 2 is 1.24 bits per heavy atom. The number of ether oxygens (including phenoxy) is 1. The highest BCUT2D eigenvalue weighted by Gasteiger charge is 2.23. The number of nitrogens with zero attached hydrogens (tertiary/aromatic N) is 1. The average Bonchev–Trinajstić information content (AvgIpc) is 3.76. The van der Waals surface area contributed by atoms with E-state index in [0.29, 0.717) is 69.9 Å². The number of carbonyl (C=O) groups is 4. The van der Waals surface area contributed by atoms with E-state index >= 15 is 0 Å². The summed E-state index contributed by atoms with van der Waals surface area (Å²) in [6, 6.07) is 5.20. The zero-order valence-corrected chi connectivity index (χ0v) is 30.8. The van der Waals surface area contributed by atoms with Crippen LogP contribution in [-0.4, -0.2) is 82.9 Å². The highest BCUT2D eigenvalue weighted by Crippen LogP contribution is 2.29. The number of benzene rings is 1. The van der Waals surface area contributed by atoms with Gasteiger partial charge in [0.2, 0.25) is 0 Å². The third-order valence-corrected chi connectivity index (χ3v) is 8.37. The van der Waals surface area contributed by atoms with Gasteiger partial charge >= 0.3 is 0 Å². The molecule has 0 spiro atoms. The summed E-state index contributed by atoms with van der Waals surface area (Å²) in [6.45, 7) is 6.41. The molecule has 0 saturated heterocycles. The molecule has 0 aliphatic carbocycles. The largest absolute Gasteiger partial charge is 0.496 e. The SMILES string of the molecule is COc1cc(N(CCCl)CCCl)ccc1C(=O)Nc1c[nH]c(C(=O)Nc2c[nH]c(C(=O)Nc3c[nH]c(C(=O)NCCC(=N)N)c3C)c2C)c1C.Cl. The number of nitrogens with two attached hydrogens (primary N) is 1. The molecule has 0 aliphatic rings. The molecule has 15 nitrogen and oxygen atoms in total. The number of aromatic nitrogens is 3. The van der Waals surface area contributed by atoms with E-state index < -0.39 is 23.6 Å². The van der Waals surface area contributed by atoms with Crippen LogP contribution in [0.2, 0.25) is 0 Å². The molecule has 4 amide bonds. The number of alkyl halides is 2. The van der Waals surface area contributed by atoms with Crippen LogP contribution >= 0.6 is 35.6 Å². The van der Waals surface area contributed by atoms with Crippen molar-refractivity contribution >= 4 is 87.8 Å². The van der Waals surface area contributed by atoms with Gasteiger partial charge in [0.25, 0.3) is 23.6 Å². The normalized spacial score (nSPS) is 10.5. The van der Waals surface area contributed by atoms with Gasteiger partial charge in [-0.2, -0.15) is 0 Å². The molecule has 0 radical (unpaired) electrons. The summed E-state index contributed by atoms with van der Waals surface area (Å²) in [5.41, 5.74) is 9.80. The molecule has 0 aliphatic heterocycles. The minimum absolute atomic E-state index is 0. The van der Waals surface area contributed by atoms with Gasteiger partial charge in [-0.1, -0.05) is 0 Å². The number of aromatic amines is 3. The van der Waals surface area contributed by atoms with Gasteiger partial charge in [-0.05, 0) is 32.9 Å². The Morgan fingerprint density at radius 3 is 1.67 bits per heavy atom. The van der Waals surface area contributed by atoms with Crippen LogP contribution in [0.3, 0.4) is 0 Å². The molecule has 0 fully saturated rings. The molecule has 3 aromatic heterocycles. The van der Waals surface area contributed by atoms with Crippen LogP contribution in [0, 0.1) is 26.2 Å². The van der Waals surface area contributed by atoms with E-state index in [1.54, 1.807) is 39.0 Å². The minimum atomic E-state index is -0.487. The Labute approximate surface area is 310 Å². The molecule has 1 aromatic carbocycles. The van der Waals surface area contributed by atoms with E-state index in [1.165, 1.54) is 25.7 Å². The Hall–Kier alpha value is -5.12. The molecule has 18 heteroatoms. The summed E-state index contributed by atoms with van der Waals surface area (Å²) in [4.78, 5) is 62.8. The van der Waals surface area contributed by atoms with Crippen molar-refractivity contribution in [1.82, 2.24) is 20.3 Å². The van der Waals surface area contributed by atoms with E-state index in [1.807, 2.05) is 4.90 Å². The van der Waals surface area contributed by atoms with Crippen LogP contribution in [-0.2, 0) is 0 Å². The van der Waals surface area contributed by atoms with Crippen molar-refractivity contribution in [3.8, 4) is 5.75 Å². The van der Waals surface area contributed by atoms with Gasteiger partial charge < -0.3 is 51.6 Å². The summed E-state index contributed by atoms with van der Waals surface area (Å²) < 4.78 is 5.51. The number of carbonyl (C=O) groups excluding carboxylic acids is 4. The molecule has 0 saturated carbocycles. The van der Waals surface area contributed by atoms with Gasteiger partial charge in [-0.25, -0.2) is 0 Å². The third kappa shape index (κ3) is 9.57. The molecule has 0 atom stereocenters.